The molecule has 18 heavy (non-hydrogen) atoms. The van der Waals surface area contributed by atoms with Crippen molar-refractivity contribution in [3.63, 3.8) is 0 Å². The second-order valence-electron chi connectivity index (χ2n) is 4.44. The van der Waals surface area contributed by atoms with Gasteiger partial charge in [0.1, 0.15) is 5.82 Å². The van der Waals surface area contributed by atoms with Crippen LogP contribution in [0.15, 0.2) is 46.9 Å². The highest BCUT2D eigenvalue weighted by atomic mass is 79.9. The molecule has 3 rings (SSSR count). The molecule has 0 saturated carbocycles. The zero-order valence-corrected chi connectivity index (χ0v) is 11.9. The summed E-state index contributed by atoms with van der Waals surface area (Å²) < 4.78 is 3.22. The molecule has 3 heteroatoms. The Kier molecular flexibility index (Phi) is 2.71. The lowest BCUT2D eigenvalue weighted by Gasteiger charge is -2.06. The molecule has 90 valence electrons. The Morgan fingerprint density at radius 1 is 1.11 bits per heavy atom. The molecule has 3 aromatic rings. The lowest BCUT2D eigenvalue weighted by molar-refractivity contribution is 0.957. The lowest BCUT2D eigenvalue weighted by Crippen LogP contribution is -1.94. The lowest BCUT2D eigenvalue weighted by atomic mass is 10.1. The van der Waals surface area contributed by atoms with Crippen molar-refractivity contribution in [3.05, 3.63) is 52.5 Å². The summed E-state index contributed by atoms with van der Waals surface area (Å²) in [5, 5.41) is 0. The van der Waals surface area contributed by atoms with Crippen LogP contribution in [0.1, 0.15) is 5.56 Å². The van der Waals surface area contributed by atoms with Gasteiger partial charge in [0, 0.05) is 17.1 Å². The van der Waals surface area contributed by atoms with Crippen LogP contribution in [-0.2, 0) is 7.05 Å². The number of aromatic nitrogens is 2. The minimum absolute atomic E-state index is 1.01. The molecule has 0 N–H and O–H groups in total. The van der Waals surface area contributed by atoms with Gasteiger partial charge in [-0.05, 0) is 36.8 Å². The van der Waals surface area contributed by atoms with Gasteiger partial charge in [0.25, 0.3) is 0 Å². The number of halogens is 1. The first kappa shape index (κ1) is 11.5. The van der Waals surface area contributed by atoms with Gasteiger partial charge >= 0.3 is 0 Å². The van der Waals surface area contributed by atoms with E-state index in [4.69, 9.17) is 4.98 Å². The smallest absolute Gasteiger partial charge is 0.141 e. The summed E-state index contributed by atoms with van der Waals surface area (Å²) in [6, 6.07) is 14.5. The summed E-state index contributed by atoms with van der Waals surface area (Å²) >= 11 is 3.52. The van der Waals surface area contributed by atoms with Crippen LogP contribution >= 0.6 is 15.9 Å². The number of benzene rings is 2. The Hall–Kier alpha value is -1.61. The molecule has 0 atom stereocenters. The van der Waals surface area contributed by atoms with Gasteiger partial charge in [0.2, 0.25) is 0 Å². The van der Waals surface area contributed by atoms with Crippen LogP contribution in [0.3, 0.4) is 0 Å². The van der Waals surface area contributed by atoms with E-state index in [2.05, 4.69) is 58.7 Å². The maximum atomic E-state index is 4.73. The molecule has 0 saturated heterocycles. The number of aryl methyl sites for hydroxylation is 2. The largest absolute Gasteiger partial charge is 0.327 e. The fraction of sp³-hybridized carbons (Fsp3) is 0.133. The van der Waals surface area contributed by atoms with E-state index >= 15 is 0 Å². The van der Waals surface area contributed by atoms with E-state index in [9.17, 15) is 0 Å². The van der Waals surface area contributed by atoms with Crippen LogP contribution in [0.5, 0.6) is 0 Å². The SMILES string of the molecule is Cc1ccc(Br)cc1-c1nc2ccccc2n1C. The van der Waals surface area contributed by atoms with Crippen molar-refractivity contribution in [1.82, 2.24) is 9.55 Å². The van der Waals surface area contributed by atoms with Crippen molar-refractivity contribution in [2.75, 3.05) is 0 Å². The summed E-state index contributed by atoms with van der Waals surface area (Å²) in [7, 11) is 2.06. The monoisotopic (exact) mass is 300 g/mol. The molecule has 0 radical (unpaired) electrons. The van der Waals surface area contributed by atoms with Gasteiger partial charge < -0.3 is 4.57 Å². The second-order valence-corrected chi connectivity index (χ2v) is 5.36. The predicted molar refractivity (Wildman–Crippen MR) is 78.6 cm³/mol. The molecular formula is C15H13BrN2. The molecular weight excluding hydrogens is 288 g/mol. The van der Waals surface area contributed by atoms with E-state index in [0.29, 0.717) is 0 Å². The van der Waals surface area contributed by atoms with Crippen LogP contribution in [0.25, 0.3) is 22.4 Å². The third kappa shape index (κ3) is 1.75. The van der Waals surface area contributed by atoms with Gasteiger partial charge in [-0.3, -0.25) is 0 Å². The normalized spacial score (nSPS) is 11.1. The van der Waals surface area contributed by atoms with Crippen molar-refractivity contribution >= 4 is 27.0 Å². The molecule has 0 aliphatic rings. The third-order valence-electron chi connectivity index (χ3n) is 3.23. The highest BCUT2D eigenvalue weighted by molar-refractivity contribution is 9.10. The van der Waals surface area contributed by atoms with E-state index in [1.165, 1.54) is 11.1 Å². The Morgan fingerprint density at radius 3 is 2.67 bits per heavy atom. The number of hydrogen-bond acceptors (Lipinski definition) is 1. The van der Waals surface area contributed by atoms with E-state index in [-0.39, 0.29) is 0 Å². The van der Waals surface area contributed by atoms with Crippen molar-refractivity contribution < 1.29 is 0 Å². The standard InChI is InChI=1S/C15H13BrN2/c1-10-7-8-11(16)9-12(10)15-17-13-5-3-4-6-14(13)18(15)2/h3-9H,1-2H3. The van der Waals surface area contributed by atoms with E-state index in [1.807, 2.05) is 18.2 Å². The number of imidazole rings is 1. The summed E-state index contributed by atoms with van der Waals surface area (Å²) in [5.74, 6) is 1.01. The van der Waals surface area contributed by atoms with E-state index < -0.39 is 0 Å². The van der Waals surface area contributed by atoms with Crippen molar-refractivity contribution in [2.45, 2.75) is 6.92 Å². The zero-order chi connectivity index (χ0) is 12.7. The molecule has 0 amide bonds. The number of nitrogens with zero attached hydrogens (tertiary/aromatic N) is 2. The Bertz CT molecular complexity index is 728. The Labute approximate surface area is 114 Å². The predicted octanol–water partition coefficient (Wildman–Crippen LogP) is 4.31. The van der Waals surface area contributed by atoms with Crippen LogP contribution in [0.4, 0.5) is 0 Å². The number of hydrogen-bond donors (Lipinski definition) is 0. The average Bonchev–Trinajstić information content (AvgIpc) is 2.71. The van der Waals surface area contributed by atoms with Crippen LogP contribution < -0.4 is 0 Å². The number of fused-ring (bicyclic) bond motifs is 1. The van der Waals surface area contributed by atoms with Crippen LogP contribution in [-0.4, -0.2) is 9.55 Å². The minimum atomic E-state index is 1.01. The highest BCUT2D eigenvalue weighted by Gasteiger charge is 2.11. The minimum Gasteiger partial charge on any atom is -0.327 e. The quantitative estimate of drug-likeness (QED) is 0.655. The highest BCUT2D eigenvalue weighted by Crippen LogP contribution is 2.28. The van der Waals surface area contributed by atoms with Gasteiger partial charge in [-0.1, -0.05) is 34.1 Å². The van der Waals surface area contributed by atoms with Crippen LogP contribution in [0, 0.1) is 6.92 Å². The molecule has 0 bridgehead atoms. The van der Waals surface area contributed by atoms with Crippen molar-refractivity contribution in [2.24, 2.45) is 7.05 Å². The molecule has 0 aliphatic heterocycles. The Balaban J connectivity index is 2.31. The van der Waals surface area contributed by atoms with Gasteiger partial charge in [-0.15, -0.1) is 0 Å². The Morgan fingerprint density at radius 2 is 1.89 bits per heavy atom. The molecule has 2 aromatic carbocycles. The molecule has 1 heterocycles. The second kappa shape index (κ2) is 4.25. The maximum Gasteiger partial charge on any atom is 0.141 e. The van der Waals surface area contributed by atoms with Gasteiger partial charge in [-0.2, -0.15) is 0 Å². The summed E-state index contributed by atoms with van der Waals surface area (Å²) in [4.78, 5) is 4.73. The van der Waals surface area contributed by atoms with Gasteiger partial charge in [0.05, 0.1) is 11.0 Å². The molecule has 0 unspecified atom stereocenters. The summed E-state index contributed by atoms with van der Waals surface area (Å²) in [6.45, 7) is 2.11. The molecule has 0 spiro atoms. The van der Waals surface area contributed by atoms with E-state index in [1.54, 1.807) is 0 Å². The van der Waals surface area contributed by atoms with Gasteiger partial charge in [0.15, 0.2) is 0 Å². The molecule has 0 aliphatic carbocycles. The number of rotatable bonds is 1. The van der Waals surface area contributed by atoms with E-state index in [0.717, 1.165) is 21.3 Å². The first-order chi connectivity index (χ1) is 8.66. The van der Waals surface area contributed by atoms with Crippen molar-refractivity contribution in [3.8, 4) is 11.4 Å². The third-order valence-corrected chi connectivity index (χ3v) is 3.72. The molecule has 2 nitrogen and oxygen atoms in total. The zero-order valence-electron chi connectivity index (χ0n) is 10.3. The fourth-order valence-corrected chi connectivity index (χ4v) is 2.58. The summed E-state index contributed by atoms with van der Waals surface area (Å²) in [6.07, 6.45) is 0. The maximum absolute atomic E-state index is 4.73. The fourth-order valence-electron chi connectivity index (χ4n) is 2.22. The number of para-hydroxylation sites is 2. The summed E-state index contributed by atoms with van der Waals surface area (Å²) in [5.41, 5.74) is 4.60. The molecule has 0 fully saturated rings. The van der Waals surface area contributed by atoms with Crippen LogP contribution in [0.2, 0.25) is 0 Å². The first-order valence-corrected chi connectivity index (χ1v) is 6.64. The molecule has 1 aromatic heterocycles. The van der Waals surface area contributed by atoms with Crippen molar-refractivity contribution in [1.29, 1.82) is 0 Å². The van der Waals surface area contributed by atoms with Gasteiger partial charge in [-0.25, -0.2) is 4.98 Å². The topological polar surface area (TPSA) is 17.8 Å². The first-order valence-electron chi connectivity index (χ1n) is 5.85. The average molecular weight is 301 g/mol.